The molecule has 0 N–H and O–H groups in total. The summed E-state index contributed by atoms with van der Waals surface area (Å²) in [4.78, 5) is 17.3. The average molecular weight is 487 g/mol. The average Bonchev–Trinajstić information content (AvgIpc) is 3.13. The van der Waals surface area contributed by atoms with Crippen molar-refractivity contribution < 1.29 is 26.7 Å². The van der Waals surface area contributed by atoms with E-state index < -0.39 is 33.2 Å². The van der Waals surface area contributed by atoms with Gasteiger partial charge in [-0.3, -0.25) is 0 Å². The van der Waals surface area contributed by atoms with Gasteiger partial charge in [-0.25, -0.2) is 27.2 Å². The number of rotatable bonds is 8. The van der Waals surface area contributed by atoms with E-state index in [9.17, 15) is 17.6 Å². The number of sulfone groups is 1. The summed E-state index contributed by atoms with van der Waals surface area (Å²) in [6.07, 6.45) is 2.51. The number of halogens is 1. The molecular weight excluding hydrogens is 463 g/mol. The Balaban J connectivity index is 1.96. The third kappa shape index (κ3) is 4.54. The van der Waals surface area contributed by atoms with E-state index in [0.717, 1.165) is 6.26 Å². The fraction of sp³-hybridized carbons (Fsp3) is 0.250. The summed E-state index contributed by atoms with van der Waals surface area (Å²) < 4.78 is 56.8. The number of methoxy groups -OCH3 is 1. The maximum absolute atomic E-state index is 14.5. The van der Waals surface area contributed by atoms with Gasteiger partial charge in [-0.15, -0.1) is 0 Å². The third-order valence-electron chi connectivity index (χ3n) is 5.31. The molecule has 0 bridgehead atoms. The van der Waals surface area contributed by atoms with Crippen molar-refractivity contribution in [1.82, 2.24) is 9.55 Å². The lowest BCUT2D eigenvalue weighted by molar-refractivity contribution is 0.310. The largest absolute Gasteiger partial charge is 0.493 e. The van der Waals surface area contributed by atoms with Gasteiger partial charge in [0.25, 0.3) is 0 Å². The predicted molar refractivity (Wildman–Crippen MR) is 126 cm³/mol. The van der Waals surface area contributed by atoms with Crippen LogP contribution in [-0.2, 0) is 9.84 Å². The molecule has 2 aromatic heterocycles. The highest BCUT2D eigenvalue weighted by Gasteiger charge is 2.28. The highest BCUT2D eigenvalue weighted by Crippen LogP contribution is 2.34. The van der Waals surface area contributed by atoms with Crippen molar-refractivity contribution in [3.8, 4) is 22.6 Å². The molecule has 0 saturated carbocycles. The van der Waals surface area contributed by atoms with E-state index >= 15 is 0 Å². The van der Waals surface area contributed by atoms with Crippen molar-refractivity contribution >= 4 is 21.1 Å². The van der Waals surface area contributed by atoms with Crippen LogP contribution < -0.4 is 15.2 Å². The summed E-state index contributed by atoms with van der Waals surface area (Å²) >= 11 is 0. The first kappa shape index (κ1) is 23.5. The molecule has 178 valence electrons. The molecule has 1 atom stereocenters. The number of hydrogen-bond acceptors (Lipinski definition) is 7. The van der Waals surface area contributed by atoms with Gasteiger partial charge in [-0.1, -0.05) is 24.3 Å². The summed E-state index contributed by atoms with van der Waals surface area (Å²) in [6.45, 7) is 2.17. The second-order valence-corrected chi connectivity index (χ2v) is 9.87. The minimum Gasteiger partial charge on any atom is -0.493 e. The Bertz CT molecular complexity index is 1510. The molecule has 1 unspecified atom stereocenters. The van der Waals surface area contributed by atoms with Crippen molar-refractivity contribution in [3.05, 3.63) is 76.7 Å². The van der Waals surface area contributed by atoms with E-state index in [1.165, 1.54) is 23.9 Å². The van der Waals surface area contributed by atoms with E-state index in [4.69, 9.17) is 13.9 Å². The molecule has 8 nitrogen and oxygen atoms in total. The maximum Gasteiger partial charge on any atom is 0.421 e. The molecule has 0 spiro atoms. The second kappa shape index (κ2) is 9.30. The number of pyridine rings is 1. The number of hydrogen-bond donors (Lipinski definition) is 0. The minimum atomic E-state index is -3.55. The van der Waals surface area contributed by atoms with Gasteiger partial charge in [0.15, 0.2) is 22.7 Å². The molecule has 0 radical (unpaired) electrons. The second-order valence-electron chi connectivity index (χ2n) is 7.68. The fourth-order valence-corrected chi connectivity index (χ4v) is 4.79. The van der Waals surface area contributed by atoms with Crippen LogP contribution in [0.2, 0.25) is 0 Å². The van der Waals surface area contributed by atoms with Crippen LogP contribution >= 0.6 is 0 Å². The Morgan fingerprint density at radius 2 is 1.88 bits per heavy atom. The molecule has 0 amide bonds. The molecule has 0 aliphatic heterocycles. The molecule has 0 aliphatic rings. The van der Waals surface area contributed by atoms with E-state index in [-0.39, 0.29) is 16.8 Å². The summed E-state index contributed by atoms with van der Waals surface area (Å²) in [6, 6.07) is 11.6. The lowest BCUT2D eigenvalue weighted by Gasteiger charge is -2.19. The Hall–Kier alpha value is -3.66. The Morgan fingerprint density at radius 1 is 1.12 bits per heavy atom. The first-order valence-electron chi connectivity index (χ1n) is 10.5. The van der Waals surface area contributed by atoms with Crippen molar-refractivity contribution in [2.24, 2.45) is 0 Å². The van der Waals surface area contributed by atoms with Gasteiger partial charge in [0, 0.05) is 23.6 Å². The van der Waals surface area contributed by atoms with Crippen molar-refractivity contribution in [2.75, 3.05) is 25.7 Å². The van der Waals surface area contributed by atoms with Crippen LogP contribution in [0.1, 0.15) is 18.5 Å². The van der Waals surface area contributed by atoms with Gasteiger partial charge in [-0.2, -0.15) is 0 Å². The van der Waals surface area contributed by atoms with Crippen LogP contribution in [0, 0.1) is 5.82 Å². The zero-order chi connectivity index (χ0) is 24.5. The number of fused-ring (bicyclic) bond motifs is 1. The van der Waals surface area contributed by atoms with Crippen molar-refractivity contribution in [2.45, 2.75) is 13.0 Å². The SMILES string of the molecule is CCOc1cc(C(CS(C)(=O)=O)n2c(=O)oc3c(-c4ccccc4F)ccnc32)ccc1OC. The van der Waals surface area contributed by atoms with E-state index in [2.05, 4.69) is 4.98 Å². The van der Waals surface area contributed by atoms with E-state index in [1.54, 1.807) is 42.5 Å². The van der Waals surface area contributed by atoms with Gasteiger partial charge < -0.3 is 13.9 Å². The summed E-state index contributed by atoms with van der Waals surface area (Å²) in [5.74, 6) is -0.830. The van der Waals surface area contributed by atoms with Gasteiger partial charge in [0.2, 0.25) is 0 Å². The molecule has 2 aromatic carbocycles. The van der Waals surface area contributed by atoms with E-state index in [1.807, 2.05) is 6.92 Å². The van der Waals surface area contributed by atoms with Crippen LogP contribution in [0.15, 0.2) is 63.9 Å². The lowest BCUT2D eigenvalue weighted by atomic mass is 10.1. The third-order valence-corrected chi connectivity index (χ3v) is 6.23. The zero-order valence-corrected chi connectivity index (χ0v) is 19.6. The zero-order valence-electron chi connectivity index (χ0n) is 18.8. The molecule has 0 saturated heterocycles. The van der Waals surface area contributed by atoms with Crippen LogP contribution in [0.3, 0.4) is 0 Å². The highest BCUT2D eigenvalue weighted by atomic mass is 32.2. The molecule has 0 aliphatic carbocycles. The van der Waals surface area contributed by atoms with Crippen LogP contribution in [0.5, 0.6) is 11.5 Å². The number of aromatic nitrogens is 2. The van der Waals surface area contributed by atoms with Gasteiger partial charge in [-0.05, 0) is 36.8 Å². The number of nitrogens with zero attached hydrogens (tertiary/aromatic N) is 2. The van der Waals surface area contributed by atoms with Crippen molar-refractivity contribution in [3.63, 3.8) is 0 Å². The Morgan fingerprint density at radius 3 is 2.56 bits per heavy atom. The molecule has 0 fully saturated rings. The lowest BCUT2D eigenvalue weighted by Crippen LogP contribution is -2.27. The van der Waals surface area contributed by atoms with Gasteiger partial charge in [0.05, 0.1) is 25.5 Å². The predicted octanol–water partition coefficient (Wildman–Crippen LogP) is 3.84. The van der Waals surface area contributed by atoms with Crippen LogP contribution in [0.4, 0.5) is 4.39 Å². The van der Waals surface area contributed by atoms with Crippen LogP contribution in [0.25, 0.3) is 22.4 Å². The molecule has 4 aromatic rings. The Labute approximate surface area is 195 Å². The normalized spacial score (nSPS) is 12.6. The Kier molecular flexibility index (Phi) is 6.43. The molecule has 2 heterocycles. The fourth-order valence-electron chi connectivity index (χ4n) is 3.87. The van der Waals surface area contributed by atoms with Gasteiger partial charge >= 0.3 is 5.76 Å². The smallest absolute Gasteiger partial charge is 0.421 e. The standard InChI is InChI=1S/C24H23FN2O6S/c1-4-32-21-13-15(9-10-20(21)31-2)19(14-34(3,29)30)27-23-22(33-24(27)28)17(11-12-26-23)16-7-5-6-8-18(16)25/h5-13,19H,4,14H2,1-3H3. The summed E-state index contributed by atoms with van der Waals surface area (Å²) in [7, 11) is -2.06. The number of benzene rings is 2. The molecular formula is C24H23FN2O6S. The summed E-state index contributed by atoms with van der Waals surface area (Å²) in [5.41, 5.74) is 1.22. The minimum absolute atomic E-state index is 0.0645. The van der Waals surface area contributed by atoms with Crippen LogP contribution in [-0.4, -0.2) is 43.7 Å². The monoisotopic (exact) mass is 486 g/mol. The summed E-state index contributed by atoms with van der Waals surface area (Å²) in [5, 5.41) is 0. The molecule has 34 heavy (non-hydrogen) atoms. The molecule has 4 rings (SSSR count). The quantitative estimate of drug-likeness (QED) is 0.373. The number of ether oxygens (including phenoxy) is 2. The first-order valence-corrected chi connectivity index (χ1v) is 12.5. The van der Waals surface area contributed by atoms with E-state index in [0.29, 0.717) is 29.2 Å². The topological polar surface area (TPSA) is 101 Å². The molecule has 10 heteroatoms. The number of oxazole rings is 1. The highest BCUT2D eigenvalue weighted by molar-refractivity contribution is 7.90. The van der Waals surface area contributed by atoms with Gasteiger partial charge in [0.1, 0.15) is 15.7 Å². The first-order chi connectivity index (χ1) is 16.2. The maximum atomic E-state index is 14.5. The van der Waals surface area contributed by atoms with Crippen molar-refractivity contribution in [1.29, 1.82) is 0 Å².